The fourth-order valence-electron chi connectivity index (χ4n) is 5.15. The molecule has 57 heavy (non-hydrogen) atoms. The largest absolute Gasteiger partial charge is 2.00 e. The molecule has 14 heteroatoms. The van der Waals surface area contributed by atoms with E-state index in [1.54, 1.807) is 24.3 Å². The molecule has 0 radical (unpaired) electrons. The number of carboxylic acid groups (broad SMARTS) is 2. The quantitative estimate of drug-likeness (QED) is 0.0514. The summed E-state index contributed by atoms with van der Waals surface area (Å²) in [5.41, 5.74) is 0.752. The van der Waals surface area contributed by atoms with Gasteiger partial charge in [0.25, 0.3) is 0 Å². The van der Waals surface area contributed by atoms with Gasteiger partial charge in [0.05, 0.1) is 11.1 Å². The fraction of sp³-hybridized carbons (Fsp3) is 0.0465. The number of hydrogen-bond donors (Lipinski definition) is 2. The van der Waals surface area contributed by atoms with Gasteiger partial charge in [0.2, 0.25) is 0 Å². The zero-order chi connectivity index (χ0) is 41.1. The van der Waals surface area contributed by atoms with E-state index < -0.39 is 35.0 Å². The molecular formula is C43H37BF4O6P2Pd. The van der Waals surface area contributed by atoms with Gasteiger partial charge in [-0.25, -0.2) is 9.59 Å². The molecule has 0 aliphatic rings. The SMILES string of the molecule is CC(=O)/C=C(/C)[O-].F[B-](F)(F)F.O=C(O)c1ccccc1P(c1ccccc1)c1ccccc1.O=C(O)c1ccccc1P(c1ccccc1)c1ccccc1.[Pd+2]. The molecule has 6 nitrogen and oxygen atoms in total. The summed E-state index contributed by atoms with van der Waals surface area (Å²) in [5, 5.41) is 35.4. The molecule has 6 aromatic rings. The summed E-state index contributed by atoms with van der Waals surface area (Å²) in [6.07, 6.45) is 1.06. The van der Waals surface area contributed by atoms with Gasteiger partial charge in [-0.2, -0.15) is 0 Å². The number of rotatable bonds is 9. The number of aromatic carboxylic acids is 2. The van der Waals surface area contributed by atoms with Crippen LogP contribution in [0.2, 0.25) is 0 Å². The molecule has 0 aliphatic carbocycles. The first-order valence-corrected chi connectivity index (χ1v) is 19.5. The molecular weight excluding hydrogens is 868 g/mol. The van der Waals surface area contributed by atoms with E-state index in [-0.39, 0.29) is 32.0 Å². The standard InChI is InChI=1S/2C19H15O2P.C5H8O2.BF4.Pd/c2*20-19(21)17-13-7-8-14-18(17)22(15-9-3-1-4-10-15)16-11-5-2-6-12-16;1-4(6)3-5(2)7;2-1(3,4)5;/h2*1-14H,(H,20,21);3,6H,1-2H3;;/q;;;-1;+2/p-1/b;;4-3-;;. The van der Waals surface area contributed by atoms with Gasteiger partial charge in [0.15, 0.2) is 5.78 Å². The minimum atomic E-state index is -6.00. The number of halogens is 4. The molecule has 6 aromatic carbocycles. The summed E-state index contributed by atoms with van der Waals surface area (Å²) in [5.74, 6) is -2.13. The van der Waals surface area contributed by atoms with Crippen LogP contribution in [0, 0.1) is 0 Å². The Balaban J connectivity index is 0.000000303. The number of benzene rings is 6. The van der Waals surface area contributed by atoms with Gasteiger partial charge >= 0.3 is 39.6 Å². The van der Waals surface area contributed by atoms with E-state index in [0.29, 0.717) is 11.1 Å². The van der Waals surface area contributed by atoms with Crippen molar-refractivity contribution in [1.29, 1.82) is 0 Å². The molecule has 0 saturated carbocycles. The molecule has 0 atom stereocenters. The number of carboxylic acids is 2. The predicted molar refractivity (Wildman–Crippen MR) is 219 cm³/mol. The van der Waals surface area contributed by atoms with Crippen LogP contribution in [0.1, 0.15) is 34.6 Å². The van der Waals surface area contributed by atoms with Crippen LogP contribution in [0.25, 0.3) is 0 Å². The first kappa shape index (κ1) is 47.9. The third-order valence-corrected chi connectivity index (χ3v) is 12.2. The van der Waals surface area contributed by atoms with Crippen molar-refractivity contribution < 1.29 is 67.4 Å². The molecule has 0 amide bonds. The Labute approximate surface area is 345 Å². The molecule has 0 bridgehead atoms. The summed E-state index contributed by atoms with van der Waals surface area (Å²) >= 11 is 0. The predicted octanol–water partition coefficient (Wildman–Crippen LogP) is 7.42. The minimum Gasteiger partial charge on any atom is -0.876 e. The van der Waals surface area contributed by atoms with Crippen molar-refractivity contribution >= 4 is 72.6 Å². The van der Waals surface area contributed by atoms with Crippen molar-refractivity contribution in [2.24, 2.45) is 0 Å². The second-order valence-corrected chi connectivity index (χ2v) is 15.9. The van der Waals surface area contributed by atoms with E-state index in [4.69, 9.17) is 0 Å². The Bertz CT molecular complexity index is 1960. The molecule has 0 unspecified atom stereocenters. The molecule has 0 fully saturated rings. The van der Waals surface area contributed by atoms with Crippen molar-refractivity contribution in [1.82, 2.24) is 0 Å². The van der Waals surface area contributed by atoms with Crippen LogP contribution in [0.4, 0.5) is 17.3 Å². The maximum absolute atomic E-state index is 11.6. The van der Waals surface area contributed by atoms with Gasteiger partial charge in [-0.15, -0.1) is 5.76 Å². The maximum Gasteiger partial charge on any atom is 2.00 e. The van der Waals surface area contributed by atoms with Crippen molar-refractivity contribution in [3.63, 3.8) is 0 Å². The van der Waals surface area contributed by atoms with E-state index in [9.17, 15) is 47.0 Å². The molecule has 6 rings (SSSR count). The van der Waals surface area contributed by atoms with E-state index in [1.807, 2.05) is 97.1 Å². The summed E-state index contributed by atoms with van der Waals surface area (Å²) < 4.78 is 39.0. The van der Waals surface area contributed by atoms with Gasteiger partial charge < -0.3 is 32.6 Å². The second kappa shape index (κ2) is 24.4. The second-order valence-electron chi connectivity index (χ2n) is 11.5. The van der Waals surface area contributed by atoms with Crippen molar-refractivity contribution in [2.45, 2.75) is 13.8 Å². The summed E-state index contributed by atoms with van der Waals surface area (Å²) in [6, 6.07) is 55.0. The van der Waals surface area contributed by atoms with E-state index in [1.165, 1.54) is 13.8 Å². The van der Waals surface area contributed by atoms with Crippen molar-refractivity contribution in [3.8, 4) is 0 Å². The molecule has 0 aliphatic heterocycles. The van der Waals surface area contributed by atoms with Crippen LogP contribution in [0.3, 0.4) is 0 Å². The van der Waals surface area contributed by atoms with Crippen LogP contribution in [-0.4, -0.2) is 35.2 Å². The van der Waals surface area contributed by atoms with Gasteiger partial charge in [0, 0.05) is 0 Å². The third-order valence-electron chi connectivity index (χ3n) is 7.21. The molecule has 0 saturated heterocycles. The fourth-order valence-corrected chi connectivity index (χ4v) is 10.0. The Morgan fingerprint density at radius 3 is 0.912 bits per heavy atom. The number of allylic oxidation sites excluding steroid dienone is 2. The zero-order valence-corrected chi connectivity index (χ0v) is 33.9. The average molecular weight is 905 g/mol. The Kier molecular flexibility index (Phi) is 20.5. The number of carbonyl (C=O) groups excluding carboxylic acids is 1. The Morgan fingerprint density at radius 2 is 0.719 bits per heavy atom. The minimum absolute atomic E-state index is 0. The molecule has 0 heterocycles. The number of carbonyl (C=O) groups is 3. The smallest absolute Gasteiger partial charge is 0.876 e. The Hall–Kier alpha value is -5.22. The summed E-state index contributed by atoms with van der Waals surface area (Å²) in [4.78, 5) is 33.2. The summed E-state index contributed by atoms with van der Waals surface area (Å²) in [7, 11) is -7.76. The first-order valence-electron chi connectivity index (χ1n) is 16.9. The van der Waals surface area contributed by atoms with Gasteiger partial charge in [0.1, 0.15) is 0 Å². The first-order chi connectivity index (χ1) is 26.7. The molecule has 0 aromatic heterocycles. The van der Waals surface area contributed by atoms with Crippen LogP contribution < -0.4 is 36.9 Å². The van der Waals surface area contributed by atoms with E-state index >= 15 is 0 Å². The molecule has 296 valence electrons. The molecule has 0 spiro atoms. The third kappa shape index (κ3) is 16.8. The van der Waals surface area contributed by atoms with Gasteiger partial charge in [-0.05, 0) is 72.8 Å². The number of hydrogen-bond acceptors (Lipinski definition) is 4. The van der Waals surface area contributed by atoms with Crippen LogP contribution in [0.15, 0.2) is 182 Å². The van der Waals surface area contributed by atoms with Crippen molar-refractivity contribution in [2.75, 3.05) is 0 Å². The van der Waals surface area contributed by atoms with Gasteiger partial charge in [-0.3, -0.25) is 4.79 Å². The van der Waals surface area contributed by atoms with E-state index in [0.717, 1.165) is 37.9 Å². The zero-order valence-electron chi connectivity index (χ0n) is 30.6. The Morgan fingerprint density at radius 1 is 0.491 bits per heavy atom. The normalized spacial score (nSPS) is 10.6. The monoisotopic (exact) mass is 904 g/mol. The van der Waals surface area contributed by atoms with Gasteiger partial charge in [-0.1, -0.05) is 165 Å². The van der Waals surface area contributed by atoms with Crippen molar-refractivity contribution in [3.05, 3.63) is 193 Å². The summed E-state index contributed by atoms with van der Waals surface area (Å²) in [6.45, 7) is 2.70. The topological polar surface area (TPSA) is 115 Å². The van der Waals surface area contributed by atoms with Crippen LogP contribution in [0.5, 0.6) is 0 Å². The van der Waals surface area contributed by atoms with Crippen LogP contribution in [-0.2, 0) is 25.2 Å². The average Bonchev–Trinajstić information content (AvgIpc) is 3.16. The maximum atomic E-state index is 11.6. The number of ketones is 1. The van der Waals surface area contributed by atoms with Crippen LogP contribution >= 0.6 is 15.8 Å². The molecule has 2 N–H and O–H groups in total. The van der Waals surface area contributed by atoms with E-state index in [2.05, 4.69) is 48.5 Å².